The molecule has 0 aliphatic carbocycles. The molecule has 2 rings (SSSR count). The topological polar surface area (TPSA) is 110 Å². The molecule has 0 saturated carbocycles. The van der Waals surface area contributed by atoms with Gasteiger partial charge in [-0.05, 0) is 5.92 Å². The summed E-state index contributed by atoms with van der Waals surface area (Å²) in [6.45, 7) is 6.14. The van der Waals surface area contributed by atoms with E-state index >= 15 is 0 Å². The molecule has 0 unspecified atom stereocenters. The molecular formula is C13H19N5O2. The van der Waals surface area contributed by atoms with Crippen LogP contribution in [0.1, 0.15) is 54.5 Å². The summed E-state index contributed by atoms with van der Waals surface area (Å²) in [5.41, 5.74) is 7.26. The van der Waals surface area contributed by atoms with Crippen molar-refractivity contribution in [3.8, 4) is 0 Å². The molecule has 0 saturated heterocycles. The van der Waals surface area contributed by atoms with Gasteiger partial charge in [0.05, 0.1) is 24.1 Å². The number of nitrogens with zero attached hydrogens (tertiary/aromatic N) is 2. The Labute approximate surface area is 117 Å². The molecule has 0 atom stereocenters. The summed E-state index contributed by atoms with van der Waals surface area (Å²) in [4.78, 5) is 16.1. The van der Waals surface area contributed by atoms with Crippen LogP contribution in [0, 0.1) is 0 Å². The van der Waals surface area contributed by atoms with Crippen LogP contribution in [0.3, 0.4) is 0 Å². The molecule has 7 nitrogen and oxygen atoms in total. The second-order valence-corrected chi connectivity index (χ2v) is 4.81. The third kappa shape index (κ3) is 2.81. The molecule has 0 bridgehead atoms. The number of nitrogens with two attached hydrogens (primary N) is 1. The molecule has 2 aromatic heterocycles. The Kier molecular flexibility index (Phi) is 4.07. The number of aromatic nitrogens is 3. The number of aromatic amines is 1. The van der Waals surface area contributed by atoms with Gasteiger partial charge in [0.2, 0.25) is 5.89 Å². The highest BCUT2D eigenvalue weighted by atomic mass is 16.4. The molecule has 0 fully saturated rings. The summed E-state index contributed by atoms with van der Waals surface area (Å²) in [6, 6.07) is 0. The first-order valence-electron chi connectivity index (χ1n) is 6.58. The van der Waals surface area contributed by atoms with E-state index in [-0.39, 0.29) is 24.1 Å². The summed E-state index contributed by atoms with van der Waals surface area (Å²) in [7, 11) is 0. The minimum absolute atomic E-state index is 0.183. The monoisotopic (exact) mass is 277 g/mol. The summed E-state index contributed by atoms with van der Waals surface area (Å²) >= 11 is 0. The molecule has 2 heterocycles. The molecule has 108 valence electrons. The number of nitrogens with one attached hydrogen (secondary N) is 2. The number of rotatable bonds is 5. The van der Waals surface area contributed by atoms with Crippen molar-refractivity contribution in [1.82, 2.24) is 20.5 Å². The van der Waals surface area contributed by atoms with Crippen molar-refractivity contribution < 1.29 is 9.21 Å². The van der Waals surface area contributed by atoms with Gasteiger partial charge in [-0.1, -0.05) is 20.8 Å². The molecule has 0 aromatic carbocycles. The maximum atomic E-state index is 12.0. The molecule has 2 aromatic rings. The smallest absolute Gasteiger partial charge is 0.274 e. The van der Waals surface area contributed by atoms with Crippen LogP contribution in [0.4, 0.5) is 5.69 Å². The number of carbonyl (C=O) groups excluding carboxylic acids is 1. The van der Waals surface area contributed by atoms with Crippen LogP contribution < -0.4 is 11.1 Å². The van der Waals surface area contributed by atoms with Gasteiger partial charge in [-0.25, -0.2) is 4.98 Å². The van der Waals surface area contributed by atoms with Gasteiger partial charge in [-0.3, -0.25) is 9.89 Å². The lowest BCUT2D eigenvalue weighted by molar-refractivity contribution is 0.0943. The van der Waals surface area contributed by atoms with Crippen molar-refractivity contribution in [2.45, 2.75) is 39.7 Å². The predicted molar refractivity (Wildman–Crippen MR) is 74.1 cm³/mol. The summed E-state index contributed by atoms with van der Waals surface area (Å²) in [6.07, 6.45) is 2.42. The minimum atomic E-state index is -0.345. The lowest BCUT2D eigenvalue weighted by atomic mass is 10.1. The van der Waals surface area contributed by atoms with Crippen LogP contribution >= 0.6 is 0 Å². The third-order valence-electron chi connectivity index (χ3n) is 2.98. The molecule has 20 heavy (non-hydrogen) atoms. The second kappa shape index (κ2) is 5.77. The number of H-pyrrole nitrogens is 1. The Balaban J connectivity index is 2.01. The molecule has 0 spiro atoms. The van der Waals surface area contributed by atoms with Gasteiger partial charge < -0.3 is 15.5 Å². The van der Waals surface area contributed by atoms with Gasteiger partial charge in [-0.15, -0.1) is 0 Å². The van der Waals surface area contributed by atoms with Gasteiger partial charge in [0.1, 0.15) is 5.76 Å². The van der Waals surface area contributed by atoms with Crippen molar-refractivity contribution in [2.24, 2.45) is 0 Å². The van der Waals surface area contributed by atoms with E-state index in [2.05, 4.69) is 20.5 Å². The predicted octanol–water partition coefficient (Wildman–Crippen LogP) is 1.60. The Bertz CT molecular complexity index is 600. The zero-order valence-electron chi connectivity index (χ0n) is 11.9. The summed E-state index contributed by atoms with van der Waals surface area (Å²) in [5.74, 6) is 1.09. The number of carbonyl (C=O) groups is 1. The number of nitrogen functional groups attached to an aromatic ring is 1. The zero-order chi connectivity index (χ0) is 14.7. The lowest BCUT2D eigenvalue weighted by Crippen LogP contribution is -2.24. The third-order valence-corrected chi connectivity index (χ3v) is 2.98. The first-order chi connectivity index (χ1) is 9.52. The SMILES string of the molecule is CCc1cnc(CNC(=O)c2n[nH]c(C(C)C)c2N)o1. The van der Waals surface area contributed by atoms with E-state index in [1.165, 1.54) is 0 Å². The molecule has 0 aliphatic rings. The van der Waals surface area contributed by atoms with Crippen molar-refractivity contribution in [3.63, 3.8) is 0 Å². The average molecular weight is 277 g/mol. The first kappa shape index (κ1) is 14.1. The summed E-state index contributed by atoms with van der Waals surface area (Å²) < 4.78 is 5.41. The van der Waals surface area contributed by atoms with Crippen LogP contribution in [0.2, 0.25) is 0 Å². The van der Waals surface area contributed by atoms with Gasteiger partial charge in [0.25, 0.3) is 5.91 Å². The number of hydrogen-bond donors (Lipinski definition) is 3. The fourth-order valence-electron chi connectivity index (χ4n) is 1.81. The highest BCUT2D eigenvalue weighted by Crippen LogP contribution is 2.21. The van der Waals surface area contributed by atoms with Gasteiger partial charge >= 0.3 is 0 Å². The Hall–Kier alpha value is -2.31. The van der Waals surface area contributed by atoms with E-state index in [1.807, 2.05) is 20.8 Å². The number of amides is 1. The van der Waals surface area contributed by atoms with Crippen molar-refractivity contribution in [2.75, 3.05) is 5.73 Å². The van der Waals surface area contributed by atoms with Crippen molar-refractivity contribution in [1.29, 1.82) is 0 Å². The van der Waals surface area contributed by atoms with Crippen molar-refractivity contribution >= 4 is 11.6 Å². The number of hydrogen-bond acceptors (Lipinski definition) is 5. The molecule has 0 radical (unpaired) electrons. The molecule has 7 heteroatoms. The standard InChI is InChI=1S/C13H19N5O2/c1-4-8-5-15-9(20-8)6-16-13(19)12-10(14)11(7(2)3)17-18-12/h5,7H,4,6,14H2,1-3H3,(H,16,19)(H,17,18). The number of oxazole rings is 1. The molecule has 1 amide bonds. The van der Waals surface area contributed by atoms with E-state index in [4.69, 9.17) is 10.2 Å². The van der Waals surface area contributed by atoms with Gasteiger partial charge in [0, 0.05) is 6.42 Å². The van der Waals surface area contributed by atoms with Crippen LogP contribution in [0.15, 0.2) is 10.6 Å². The molecule has 4 N–H and O–H groups in total. The van der Waals surface area contributed by atoms with Gasteiger partial charge in [-0.2, -0.15) is 5.10 Å². The maximum Gasteiger partial charge on any atom is 0.274 e. The molecular weight excluding hydrogens is 258 g/mol. The zero-order valence-corrected chi connectivity index (χ0v) is 11.9. The van der Waals surface area contributed by atoms with E-state index in [0.29, 0.717) is 11.6 Å². The first-order valence-corrected chi connectivity index (χ1v) is 6.58. The van der Waals surface area contributed by atoms with Crippen LogP contribution in [-0.2, 0) is 13.0 Å². The maximum absolute atomic E-state index is 12.0. The second-order valence-electron chi connectivity index (χ2n) is 4.81. The lowest BCUT2D eigenvalue weighted by Gasteiger charge is -2.03. The van der Waals surface area contributed by atoms with E-state index < -0.39 is 0 Å². The molecule has 0 aliphatic heterocycles. The van der Waals surface area contributed by atoms with Crippen LogP contribution in [0.25, 0.3) is 0 Å². The summed E-state index contributed by atoms with van der Waals surface area (Å²) in [5, 5.41) is 9.44. The Morgan fingerprint density at radius 1 is 1.55 bits per heavy atom. The fraction of sp³-hybridized carbons (Fsp3) is 0.462. The van der Waals surface area contributed by atoms with E-state index in [1.54, 1.807) is 6.20 Å². The number of aryl methyl sites for hydroxylation is 1. The Morgan fingerprint density at radius 2 is 2.30 bits per heavy atom. The highest BCUT2D eigenvalue weighted by Gasteiger charge is 2.19. The van der Waals surface area contributed by atoms with E-state index in [9.17, 15) is 4.79 Å². The van der Waals surface area contributed by atoms with Crippen LogP contribution in [0.5, 0.6) is 0 Å². The Morgan fingerprint density at radius 3 is 2.85 bits per heavy atom. The highest BCUT2D eigenvalue weighted by molar-refractivity contribution is 5.97. The van der Waals surface area contributed by atoms with Crippen molar-refractivity contribution in [3.05, 3.63) is 29.2 Å². The largest absolute Gasteiger partial charge is 0.444 e. The minimum Gasteiger partial charge on any atom is -0.444 e. The average Bonchev–Trinajstić information content (AvgIpc) is 3.02. The van der Waals surface area contributed by atoms with Gasteiger partial charge in [0.15, 0.2) is 5.69 Å². The quantitative estimate of drug-likeness (QED) is 0.768. The number of anilines is 1. The van der Waals surface area contributed by atoms with E-state index in [0.717, 1.165) is 17.9 Å². The fourth-order valence-corrected chi connectivity index (χ4v) is 1.81. The van der Waals surface area contributed by atoms with Crippen LogP contribution in [-0.4, -0.2) is 21.1 Å². The normalized spacial score (nSPS) is 11.0.